The largest absolute Gasteiger partial charge is 0.466 e. The van der Waals surface area contributed by atoms with Gasteiger partial charge in [0.15, 0.2) is 0 Å². The molecule has 1 aliphatic rings. The molecule has 0 aliphatic carbocycles. The zero-order chi connectivity index (χ0) is 19.0. The number of rotatable bonds is 10. The van der Waals surface area contributed by atoms with Crippen molar-refractivity contribution in [3.8, 4) is 0 Å². The van der Waals surface area contributed by atoms with Crippen LogP contribution in [0.4, 0.5) is 5.69 Å². The Bertz CT molecular complexity index is 636. The maximum Gasteiger partial charge on any atom is 0.313 e. The molecule has 0 atom stereocenters. The second-order valence-corrected chi connectivity index (χ2v) is 7.84. The fraction of sp³-hybridized carbons (Fsp3) is 0.556. The molecule has 0 saturated heterocycles. The maximum atomic E-state index is 11.9. The number of fused-ring (bicyclic) bond motifs is 1. The van der Waals surface area contributed by atoms with E-state index in [2.05, 4.69) is 11.9 Å². The van der Waals surface area contributed by atoms with Crippen molar-refractivity contribution < 1.29 is 23.4 Å². The summed E-state index contributed by atoms with van der Waals surface area (Å²) < 4.78 is 33.6. The molecule has 0 bridgehead atoms. The molecule has 0 unspecified atom stereocenters. The molecule has 0 fully saturated rings. The first-order chi connectivity index (χ1) is 12.5. The van der Waals surface area contributed by atoms with Crippen LogP contribution in [0.25, 0.3) is 0 Å². The molecule has 1 aromatic carbocycles. The lowest BCUT2D eigenvalue weighted by Crippen LogP contribution is -2.38. The van der Waals surface area contributed by atoms with Crippen molar-refractivity contribution in [1.29, 1.82) is 0 Å². The van der Waals surface area contributed by atoms with Crippen LogP contribution in [0.3, 0.4) is 0 Å². The maximum absolute atomic E-state index is 11.9. The van der Waals surface area contributed by atoms with Gasteiger partial charge in [0, 0.05) is 19.8 Å². The number of hydrogen-bond donors (Lipinski definition) is 2. The summed E-state index contributed by atoms with van der Waals surface area (Å²) in [5, 5.41) is 0. The molecular formula is C18H28N2O5S. The quantitative estimate of drug-likeness (QED) is 0.464. The predicted molar refractivity (Wildman–Crippen MR) is 103 cm³/mol. The van der Waals surface area contributed by atoms with E-state index in [9.17, 15) is 13.9 Å². The average molecular weight is 384 g/mol. The SMILES string of the molecule is CCCCOCCCN1C(CC(=O)OCC)=Nc2ccccc2S1(O)O. The zero-order valence-electron chi connectivity index (χ0n) is 15.4. The molecule has 1 aromatic rings. The van der Waals surface area contributed by atoms with Gasteiger partial charge in [-0.3, -0.25) is 18.2 Å². The average Bonchev–Trinajstić information content (AvgIpc) is 2.60. The Hall–Kier alpha value is -1.61. The Morgan fingerprint density at radius 1 is 1.19 bits per heavy atom. The highest BCUT2D eigenvalue weighted by atomic mass is 32.3. The molecule has 26 heavy (non-hydrogen) atoms. The van der Waals surface area contributed by atoms with Crippen LogP contribution in [0.1, 0.15) is 39.5 Å². The number of amidine groups is 1. The van der Waals surface area contributed by atoms with Gasteiger partial charge in [-0.05, 0) is 31.9 Å². The number of benzene rings is 1. The fourth-order valence-corrected chi connectivity index (χ4v) is 4.30. The van der Waals surface area contributed by atoms with Crippen LogP contribution in [0.2, 0.25) is 0 Å². The lowest BCUT2D eigenvalue weighted by Gasteiger charge is -2.47. The van der Waals surface area contributed by atoms with Crippen LogP contribution >= 0.6 is 10.8 Å². The molecule has 1 aliphatic heterocycles. The molecule has 2 rings (SSSR count). The Morgan fingerprint density at radius 3 is 2.65 bits per heavy atom. The van der Waals surface area contributed by atoms with Crippen molar-refractivity contribution in [3.05, 3.63) is 24.3 Å². The van der Waals surface area contributed by atoms with E-state index in [1.54, 1.807) is 31.2 Å². The number of carbonyl (C=O) groups excluding carboxylic acids is 1. The summed E-state index contributed by atoms with van der Waals surface area (Å²) in [6.07, 6.45) is 2.57. The number of para-hydroxylation sites is 1. The normalized spacial score (nSPS) is 16.6. The molecule has 8 heteroatoms. The van der Waals surface area contributed by atoms with E-state index in [1.165, 1.54) is 4.31 Å². The summed E-state index contributed by atoms with van der Waals surface area (Å²) >= 11 is 0. The van der Waals surface area contributed by atoms with Crippen molar-refractivity contribution in [2.24, 2.45) is 4.99 Å². The number of esters is 1. The number of ether oxygens (including phenoxy) is 2. The number of aliphatic imine (C=N–C) groups is 1. The van der Waals surface area contributed by atoms with Crippen LogP contribution in [-0.4, -0.2) is 51.6 Å². The molecule has 0 spiro atoms. The molecule has 0 aromatic heterocycles. The van der Waals surface area contributed by atoms with Gasteiger partial charge in [0.25, 0.3) is 0 Å². The molecular weight excluding hydrogens is 356 g/mol. The van der Waals surface area contributed by atoms with Crippen LogP contribution in [-0.2, 0) is 14.3 Å². The Labute approximate surface area is 156 Å². The molecule has 0 amide bonds. The van der Waals surface area contributed by atoms with Crippen LogP contribution in [0, 0.1) is 0 Å². The lowest BCUT2D eigenvalue weighted by molar-refractivity contribution is -0.141. The summed E-state index contributed by atoms with van der Waals surface area (Å²) in [6, 6.07) is 6.88. The monoisotopic (exact) mass is 384 g/mol. The van der Waals surface area contributed by atoms with Crippen molar-refractivity contribution in [2.75, 3.05) is 26.4 Å². The fourth-order valence-electron chi connectivity index (χ4n) is 2.63. The molecule has 1 heterocycles. The van der Waals surface area contributed by atoms with E-state index in [0.29, 0.717) is 42.6 Å². The van der Waals surface area contributed by atoms with E-state index in [1.807, 2.05) is 0 Å². The lowest BCUT2D eigenvalue weighted by atomic mass is 10.3. The van der Waals surface area contributed by atoms with Gasteiger partial charge in [0.05, 0.1) is 12.3 Å². The van der Waals surface area contributed by atoms with Crippen LogP contribution in [0.5, 0.6) is 0 Å². The smallest absolute Gasteiger partial charge is 0.313 e. The highest BCUT2D eigenvalue weighted by molar-refractivity contribution is 8.22. The molecule has 0 saturated carbocycles. The minimum atomic E-state index is -3.25. The van der Waals surface area contributed by atoms with Gasteiger partial charge < -0.3 is 9.47 Å². The summed E-state index contributed by atoms with van der Waals surface area (Å²) in [4.78, 5) is 16.8. The Kier molecular flexibility index (Phi) is 7.89. The van der Waals surface area contributed by atoms with Gasteiger partial charge in [0.1, 0.15) is 17.2 Å². The van der Waals surface area contributed by atoms with Crippen molar-refractivity contribution in [1.82, 2.24) is 4.31 Å². The molecule has 146 valence electrons. The number of carbonyl (C=O) groups is 1. The van der Waals surface area contributed by atoms with Crippen molar-refractivity contribution >= 4 is 28.3 Å². The Balaban J connectivity index is 2.14. The Morgan fingerprint density at radius 2 is 1.92 bits per heavy atom. The van der Waals surface area contributed by atoms with Crippen molar-refractivity contribution in [2.45, 2.75) is 44.4 Å². The third-order valence-electron chi connectivity index (χ3n) is 3.90. The molecule has 7 nitrogen and oxygen atoms in total. The summed E-state index contributed by atoms with van der Waals surface area (Å²) in [5.41, 5.74) is 0.474. The first-order valence-corrected chi connectivity index (χ1v) is 10.5. The minimum absolute atomic E-state index is 0.102. The first-order valence-electron chi connectivity index (χ1n) is 8.96. The summed E-state index contributed by atoms with van der Waals surface area (Å²) in [7, 11) is -3.25. The molecule has 2 N–H and O–H groups in total. The van der Waals surface area contributed by atoms with Gasteiger partial charge in [0.2, 0.25) is 0 Å². The second-order valence-electron chi connectivity index (χ2n) is 5.92. The minimum Gasteiger partial charge on any atom is -0.466 e. The van der Waals surface area contributed by atoms with E-state index in [-0.39, 0.29) is 13.0 Å². The zero-order valence-corrected chi connectivity index (χ0v) is 16.2. The second kappa shape index (κ2) is 9.91. The highest BCUT2D eigenvalue weighted by Gasteiger charge is 2.35. The molecule has 0 radical (unpaired) electrons. The van der Waals surface area contributed by atoms with E-state index >= 15 is 0 Å². The summed E-state index contributed by atoms with van der Waals surface area (Å²) in [6.45, 7) is 5.64. The van der Waals surface area contributed by atoms with Gasteiger partial charge in [-0.2, -0.15) is 0 Å². The number of nitrogens with zero attached hydrogens (tertiary/aromatic N) is 2. The van der Waals surface area contributed by atoms with E-state index in [4.69, 9.17) is 9.47 Å². The summed E-state index contributed by atoms with van der Waals surface area (Å²) in [5.74, 6) is -0.124. The van der Waals surface area contributed by atoms with Crippen LogP contribution < -0.4 is 0 Å². The van der Waals surface area contributed by atoms with Gasteiger partial charge in [-0.1, -0.05) is 36.3 Å². The predicted octanol–water partition coefficient (Wildman–Crippen LogP) is 4.22. The number of unbranched alkanes of at least 4 members (excludes halogenated alkanes) is 1. The van der Waals surface area contributed by atoms with E-state index in [0.717, 1.165) is 12.8 Å². The standard InChI is InChI=1S/C18H28N2O5S/c1-3-5-12-24-13-8-11-20-17(14-18(21)25-4-2)19-15-9-6-7-10-16(15)26(20,22)23/h6-7,9-10,22-23H,3-5,8,11-14H2,1-2H3. The van der Waals surface area contributed by atoms with E-state index < -0.39 is 16.7 Å². The third kappa shape index (κ3) is 5.20. The van der Waals surface area contributed by atoms with Crippen molar-refractivity contribution in [3.63, 3.8) is 0 Å². The van der Waals surface area contributed by atoms with Gasteiger partial charge in [-0.25, -0.2) is 4.99 Å². The highest BCUT2D eigenvalue weighted by Crippen LogP contribution is 2.58. The van der Waals surface area contributed by atoms with Gasteiger partial charge >= 0.3 is 5.97 Å². The first kappa shape index (κ1) is 20.7. The third-order valence-corrected chi connectivity index (χ3v) is 5.85. The topological polar surface area (TPSA) is 91.6 Å². The van der Waals surface area contributed by atoms with Crippen LogP contribution in [0.15, 0.2) is 34.2 Å². The van der Waals surface area contributed by atoms with Gasteiger partial charge in [-0.15, -0.1) is 0 Å². The number of hydrogen-bond acceptors (Lipinski definition) is 7.